The fourth-order valence-electron chi connectivity index (χ4n) is 2.50. The molecule has 1 fully saturated rings. The van der Waals surface area contributed by atoms with Crippen molar-refractivity contribution in [3.63, 3.8) is 0 Å². The molecule has 1 aliphatic rings. The maximum Gasteiger partial charge on any atom is 0.407 e. The largest absolute Gasteiger partial charge is 0.450 e. The number of hydrogen-bond donors (Lipinski definition) is 1. The van der Waals surface area contributed by atoms with Crippen molar-refractivity contribution in [3.8, 4) is 0 Å². The molecule has 0 saturated carbocycles. The Morgan fingerprint density at radius 3 is 2.90 bits per heavy atom. The first kappa shape index (κ1) is 15.1. The van der Waals surface area contributed by atoms with Crippen molar-refractivity contribution < 1.29 is 9.53 Å². The monoisotopic (exact) mass is 296 g/mol. The van der Waals surface area contributed by atoms with Crippen LogP contribution in [0, 0.1) is 0 Å². The first-order chi connectivity index (χ1) is 9.67. The molecular weight excluding hydrogens is 276 g/mol. The number of carbonyl (C=O) groups is 1. The minimum Gasteiger partial charge on any atom is -0.450 e. The first-order valence-corrected chi connectivity index (χ1v) is 7.45. The lowest BCUT2D eigenvalue weighted by Gasteiger charge is -2.32. The minimum absolute atomic E-state index is 0.176. The number of rotatable bonds is 4. The molecule has 1 unspecified atom stereocenters. The Kier molecular flexibility index (Phi) is 5.68. The van der Waals surface area contributed by atoms with Gasteiger partial charge in [0.2, 0.25) is 0 Å². The van der Waals surface area contributed by atoms with E-state index in [0.717, 1.165) is 37.5 Å². The van der Waals surface area contributed by atoms with E-state index < -0.39 is 0 Å². The topological polar surface area (TPSA) is 41.6 Å². The Balaban J connectivity index is 1.83. The summed E-state index contributed by atoms with van der Waals surface area (Å²) in [6.45, 7) is 5.03. The van der Waals surface area contributed by atoms with Crippen molar-refractivity contribution in [1.82, 2.24) is 10.2 Å². The molecule has 0 aromatic heterocycles. The average Bonchev–Trinajstić information content (AvgIpc) is 2.42. The molecule has 1 atom stereocenters. The van der Waals surface area contributed by atoms with Gasteiger partial charge in [-0.05, 0) is 44.0 Å². The highest BCUT2D eigenvalue weighted by Crippen LogP contribution is 2.15. The van der Waals surface area contributed by atoms with Gasteiger partial charge in [-0.2, -0.15) is 0 Å². The van der Waals surface area contributed by atoms with Crippen molar-refractivity contribution >= 4 is 17.7 Å². The van der Waals surface area contributed by atoms with Crippen molar-refractivity contribution in [2.24, 2.45) is 0 Å². The number of piperidine rings is 1. The molecule has 1 amide bonds. The van der Waals surface area contributed by atoms with Gasteiger partial charge in [-0.15, -0.1) is 0 Å². The molecule has 5 heteroatoms. The third-order valence-corrected chi connectivity index (χ3v) is 3.67. The Morgan fingerprint density at radius 1 is 1.45 bits per heavy atom. The van der Waals surface area contributed by atoms with Crippen LogP contribution in [0.1, 0.15) is 25.3 Å². The summed E-state index contributed by atoms with van der Waals surface area (Å²) in [6, 6.07) is 8.09. The number of nitrogens with zero attached hydrogens (tertiary/aromatic N) is 1. The van der Waals surface area contributed by atoms with E-state index in [0.29, 0.717) is 6.61 Å². The number of carbonyl (C=O) groups excluding carboxylic acids is 1. The van der Waals surface area contributed by atoms with Crippen molar-refractivity contribution in [3.05, 3.63) is 34.9 Å². The highest BCUT2D eigenvalue weighted by Gasteiger charge is 2.21. The molecule has 2 rings (SSSR count). The predicted octanol–water partition coefficient (Wildman–Crippen LogP) is 3.05. The molecule has 4 nitrogen and oxygen atoms in total. The molecule has 20 heavy (non-hydrogen) atoms. The number of hydrogen-bond acceptors (Lipinski definition) is 3. The van der Waals surface area contributed by atoms with Crippen molar-refractivity contribution in [1.29, 1.82) is 0 Å². The van der Waals surface area contributed by atoms with E-state index in [1.165, 1.54) is 5.56 Å². The van der Waals surface area contributed by atoms with Gasteiger partial charge in [-0.3, -0.25) is 4.90 Å². The number of ether oxygens (including phenoxy) is 1. The van der Waals surface area contributed by atoms with Gasteiger partial charge in [-0.1, -0.05) is 23.7 Å². The van der Waals surface area contributed by atoms with Crippen LogP contribution in [-0.2, 0) is 11.3 Å². The molecule has 1 heterocycles. The molecule has 0 spiro atoms. The standard InChI is InChI=1S/C15H21ClN2O2/c1-2-20-15(19)17-14-4-3-9-18(11-14)10-12-5-7-13(16)8-6-12/h5-8,14H,2-4,9-11H2,1H3,(H,17,19). The highest BCUT2D eigenvalue weighted by molar-refractivity contribution is 6.30. The van der Waals surface area contributed by atoms with Crippen LogP contribution in [0.5, 0.6) is 0 Å². The van der Waals surface area contributed by atoms with Crippen LogP contribution in [0.25, 0.3) is 0 Å². The van der Waals surface area contributed by atoms with E-state index in [1.807, 2.05) is 31.2 Å². The van der Waals surface area contributed by atoms with Gasteiger partial charge >= 0.3 is 6.09 Å². The van der Waals surface area contributed by atoms with Crippen LogP contribution in [0.2, 0.25) is 5.02 Å². The second-order valence-corrected chi connectivity index (χ2v) is 5.50. The van der Waals surface area contributed by atoms with E-state index in [2.05, 4.69) is 10.2 Å². The molecule has 0 radical (unpaired) electrons. The summed E-state index contributed by atoms with van der Waals surface area (Å²) < 4.78 is 4.93. The molecule has 110 valence electrons. The Bertz CT molecular complexity index is 436. The molecule has 0 aliphatic carbocycles. The Hall–Kier alpha value is -1.26. The quantitative estimate of drug-likeness (QED) is 0.928. The zero-order chi connectivity index (χ0) is 14.4. The van der Waals surface area contributed by atoms with Gasteiger partial charge in [0.05, 0.1) is 6.61 Å². The number of halogens is 1. The molecule has 1 saturated heterocycles. The summed E-state index contributed by atoms with van der Waals surface area (Å²) in [5, 5.41) is 3.68. The summed E-state index contributed by atoms with van der Waals surface area (Å²) in [5.41, 5.74) is 1.24. The average molecular weight is 297 g/mol. The van der Waals surface area contributed by atoms with E-state index in [9.17, 15) is 4.79 Å². The minimum atomic E-state index is -0.314. The third kappa shape index (κ3) is 4.69. The molecule has 0 bridgehead atoms. The van der Waals surface area contributed by atoms with Gasteiger partial charge < -0.3 is 10.1 Å². The summed E-state index contributed by atoms with van der Waals surface area (Å²) >= 11 is 5.89. The molecule has 1 aliphatic heterocycles. The lowest BCUT2D eigenvalue weighted by molar-refractivity contribution is 0.132. The fraction of sp³-hybridized carbons (Fsp3) is 0.533. The summed E-state index contributed by atoms with van der Waals surface area (Å²) in [5.74, 6) is 0. The second kappa shape index (κ2) is 7.50. The van der Waals surface area contributed by atoms with Crippen LogP contribution in [0.3, 0.4) is 0 Å². The predicted molar refractivity (Wildman–Crippen MR) is 79.9 cm³/mol. The van der Waals surface area contributed by atoms with E-state index in [-0.39, 0.29) is 12.1 Å². The van der Waals surface area contributed by atoms with Crippen LogP contribution >= 0.6 is 11.6 Å². The van der Waals surface area contributed by atoms with Gasteiger partial charge in [0, 0.05) is 24.2 Å². The lowest BCUT2D eigenvalue weighted by atomic mass is 10.0. The van der Waals surface area contributed by atoms with Gasteiger partial charge in [0.1, 0.15) is 0 Å². The molecule has 1 N–H and O–H groups in total. The lowest BCUT2D eigenvalue weighted by Crippen LogP contribution is -2.47. The highest BCUT2D eigenvalue weighted by atomic mass is 35.5. The van der Waals surface area contributed by atoms with Gasteiger partial charge in [0.25, 0.3) is 0 Å². The molecular formula is C15H21ClN2O2. The number of nitrogens with one attached hydrogen (secondary N) is 1. The summed E-state index contributed by atoms with van der Waals surface area (Å²) in [7, 11) is 0. The van der Waals surface area contributed by atoms with E-state index in [1.54, 1.807) is 0 Å². The van der Waals surface area contributed by atoms with Crippen molar-refractivity contribution in [2.45, 2.75) is 32.4 Å². The Labute approximate surface area is 125 Å². The van der Waals surface area contributed by atoms with Gasteiger partial charge in [-0.25, -0.2) is 4.79 Å². The third-order valence-electron chi connectivity index (χ3n) is 3.42. The normalized spacial score (nSPS) is 19.6. The van der Waals surface area contributed by atoms with Crippen molar-refractivity contribution in [2.75, 3.05) is 19.7 Å². The summed E-state index contributed by atoms with van der Waals surface area (Å²) in [6.07, 6.45) is 1.78. The maximum atomic E-state index is 11.4. The number of likely N-dealkylation sites (tertiary alicyclic amines) is 1. The van der Waals surface area contributed by atoms with E-state index in [4.69, 9.17) is 16.3 Å². The first-order valence-electron chi connectivity index (χ1n) is 7.07. The van der Waals surface area contributed by atoms with Crippen LogP contribution < -0.4 is 5.32 Å². The molecule has 1 aromatic rings. The molecule has 1 aromatic carbocycles. The Morgan fingerprint density at radius 2 is 2.20 bits per heavy atom. The number of amides is 1. The smallest absolute Gasteiger partial charge is 0.407 e. The second-order valence-electron chi connectivity index (χ2n) is 5.07. The van der Waals surface area contributed by atoms with Crippen LogP contribution in [-0.4, -0.2) is 36.7 Å². The fourth-order valence-corrected chi connectivity index (χ4v) is 2.63. The number of alkyl carbamates (subject to hydrolysis) is 1. The SMILES string of the molecule is CCOC(=O)NC1CCCN(Cc2ccc(Cl)cc2)C1. The zero-order valence-electron chi connectivity index (χ0n) is 11.8. The maximum absolute atomic E-state index is 11.4. The van der Waals surface area contributed by atoms with Crippen LogP contribution in [0.15, 0.2) is 24.3 Å². The van der Waals surface area contributed by atoms with Gasteiger partial charge in [0.15, 0.2) is 0 Å². The van der Waals surface area contributed by atoms with Crippen LogP contribution in [0.4, 0.5) is 4.79 Å². The zero-order valence-corrected chi connectivity index (χ0v) is 12.5. The van der Waals surface area contributed by atoms with E-state index >= 15 is 0 Å². The number of benzene rings is 1. The summed E-state index contributed by atoms with van der Waals surface area (Å²) in [4.78, 5) is 13.8.